The number of hydrogen-bond acceptors (Lipinski definition) is 2. The molecule has 3 nitrogen and oxygen atoms in total. The molecule has 0 N–H and O–H groups in total. The first-order chi connectivity index (χ1) is 7.59. The Morgan fingerprint density at radius 1 is 1.50 bits per heavy atom. The van der Waals surface area contributed by atoms with E-state index in [-0.39, 0.29) is 5.91 Å². The van der Waals surface area contributed by atoms with Crippen molar-refractivity contribution < 1.29 is 4.79 Å². The molecule has 0 spiro atoms. The first-order valence-corrected chi connectivity index (χ1v) is 6.30. The van der Waals surface area contributed by atoms with E-state index in [2.05, 4.69) is 19.9 Å². The molecule has 1 amide bonds. The fourth-order valence-electron chi connectivity index (χ4n) is 2.50. The Morgan fingerprint density at radius 3 is 2.50 bits per heavy atom. The normalized spacial score (nSPS) is 28.0. The van der Waals surface area contributed by atoms with Gasteiger partial charge >= 0.3 is 0 Å². The fraction of sp³-hybridized carbons (Fsp3) is 0.846. The molecule has 0 aromatic rings. The van der Waals surface area contributed by atoms with Gasteiger partial charge in [-0.3, -0.25) is 4.79 Å². The third-order valence-corrected chi connectivity index (χ3v) is 3.47. The van der Waals surface area contributed by atoms with E-state index in [0.717, 1.165) is 38.8 Å². The van der Waals surface area contributed by atoms with Gasteiger partial charge in [0.25, 0.3) is 0 Å². The molecule has 1 rings (SSSR count). The average Bonchev–Trinajstić information content (AvgIpc) is 2.25. The maximum Gasteiger partial charge on any atom is 0.243 e. The van der Waals surface area contributed by atoms with Gasteiger partial charge in [-0.05, 0) is 32.1 Å². The SMILES string of the molecule is CCCCN(CC)C(=O)C1(C#N)CC(C)C1. The third-order valence-electron chi connectivity index (χ3n) is 3.47. The summed E-state index contributed by atoms with van der Waals surface area (Å²) < 4.78 is 0. The molecule has 0 atom stereocenters. The van der Waals surface area contributed by atoms with Crippen molar-refractivity contribution in [2.45, 2.75) is 46.5 Å². The van der Waals surface area contributed by atoms with Crippen molar-refractivity contribution >= 4 is 5.91 Å². The molecular weight excluding hydrogens is 200 g/mol. The Kier molecular flexibility index (Phi) is 4.35. The van der Waals surface area contributed by atoms with Crippen LogP contribution >= 0.6 is 0 Å². The summed E-state index contributed by atoms with van der Waals surface area (Å²) in [4.78, 5) is 14.1. The van der Waals surface area contributed by atoms with Crippen molar-refractivity contribution in [3.63, 3.8) is 0 Å². The lowest BCUT2D eigenvalue weighted by Crippen LogP contribution is -2.50. The molecular formula is C13H22N2O. The molecule has 90 valence electrons. The predicted octanol–water partition coefficient (Wildman–Crippen LogP) is 2.57. The Balaban J connectivity index is 2.64. The zero-order valence-electron chi connectivity index (χ0n) is 10.6. The van der Waals surface area contributed by atoms with E-state index in [9.17, 15) is 10.1 Å². The fourth-order valence-corrected chi connectivity index (χ4v) is 2.50. The van der Waals surface area contributed by atoms with Gasteiger partial charge in [0.2, 0.25) is 5.91 Å². The number of nitriles is 1. The van der Waals surface area contributed by atoms with Crippen LogP contribution in [0.25, 0.3) is 0 Å². The number of unbranched alkanes of at least 4 members (excludes halogenated alkanes) is 1. The van der Waals surface area contributed by atoms with Gasteiger partial charge in [-0.1, -0.05) is 20.3 Å². The molecule has 1 fully saturated rings. The van der Waals surface area contributed by atoms with Crippen LogP contribution in [0.2, 0.25) is 0 Å². The van der Waals surface area contributed by atoms with E-state index in [1.807, 2.05) is 11.8 Å². The van der Waals surface area contributed by atoms with Gasteiger partial charge < -0.3 is 4.90 Å². The van der Waals surface area contributed by atoms with Crippen LogP contribution in [0, 0.1) is 22.7 Å². The van der Waals surface area contributed by atoms with Crippen LogP contribution in [0.5, 0.6) is 0 Å². The molecule has 1 aliphatic carbocycles. The van der Waals surface area contributed by atoms with Crippen LogP contribution in [0.3, 0.4) is 0 Å². The van der Waals surface area contributed by atoms with E-state index in [1.165, 1.54) is 0 Å². The number of rotatable bonds is 5. The summed E-state index contributed by atoms with van der Waals surface area (Å²) in [5.41, 5.74) is -0.691. The molecule has 0 bridgehead atoms. The van der Waals surface area contributed by atoms with Crippen LogP contribution in [-0.4, -0.2) is 23.9 Å². The minimum absolute atomic E-state index is 0.0593. The van der Waals surface area contributed by atoms with Gasteiger partial charge in [0, 0.05) is 13.1 Å². The Bertz CT molecular complexity index is 287. The Morgan fingerprint density at radius 2 is 2.12 bits per heavy atom. The van der Waals surface area contributed by atoms with Crippen molar-refractivity contribution in [3.8, 4) is 6.07 Å². The highest BCUT2D eigenvalue weighted by atomic mass is 16.2. The first-order valence-electron chi connectivity index (χ1n) is 6.30. The van der Waals surface area contributed by atoms with Gasteiger partial charge in [-0.15, -0.1) is 0 Å². The van der Waals surface area contributed by atoms with Crippen molar-refractivity contribution in [1.82, 2.24) is 4.90 Å². The minimum atomic E-state index is -0.691. The Labute approximate surface area is 98.4 Å². The summed E-state index contributed by atoms with van der Waals surface area (Å²) in [6, 6.07) is 2.25. The minimum Gasteiger partial charge on any atom is -0.342 e. The Hall–Kier alpha value is -1.04. The van der Waals surface area contributed by atoms with E-state index >= 15 is 0 Å². The molecule has 3 heteroatoms. The van der Waals surface area contributed by atoms with Crippen molar-refractivity contribution in [2.24, 2.45) is 11.3 Å². The second-order valence-electron chi connectivity index (χ2n) is 4.95. The highest BCUT2D eigenvalue weighted by Crippen LogP contribution is 2.46. The number of hydrogen-bond donors (Lipinski definition) is 0. The molecule has 0 unspecified atom stereocenters. The summed E-state index contributed by atoms with van der Waals surface area (Å²) in [5.74, 6) is 0.581. The first kappa shape index (κ1) is 13.0. The van der Waals surface area contributed by atoms with Crippen LogP contribution in [0.15, 0.2) is 0 Å². The average molecular weight is 222 g/mol. The van der Waals surface area contributed by atoms with Gasteiger partial charge in [0.05, 0.1) is 6.07 Å². The summed E-state index contributed by atoms with van der Waals surface area (Å²) in [7, 11) is 0. The summed E-state index contributed by atoms with van der Waals surface area (Å²) in [6.45, 7) is 7.72. The smallest absolute Gasteiger partial charge is 0.243 e. The molecule has 1 aliphatic rings. The van der Waals surface area contributed by atoms with E-state index in [4.69, 9.17) is 0 Å². The zero-order valence-corrected chi connectivity index (χ0v) is 10.6. The molecule has 0 aromatic carbocycles. The molecule has 0 saturated heterocycles. The topological polar surface area (TPSA) is 44.1 Å². The summed E-state index contributed by atoms with van der Waals surface area (Å²) in [6.07, 6.45) is 3.59. The molecule has 0 radical (unpaired) electrons. The predicted molar refractivity (Wildman–Crippen MR) is 63.6 cm³/mol. The lowest BCUT2D eigenvalue weighted by Gasteiger charge is -2.42. The second-order valence-corrected chi connectivity index (χ2v) is 4.95. The molecule has 1 saturated carbocycles. The van der Waals surface area contributed by atoms with Crippen LogP contribution in [0.4, 0.5) is 0 Å². The van der Waals surface area contributed by atoms with Crippen molar-refractivity contribution in [1.29, 1.82) is 5.26 Å². The molecule has 0 aliphatic heterocycles. The molecule has 16 heavy (non-hydrogen) atoms. The highest BCUT2D eigenvalue weighted by Gasteiger charge is 2.50. The van der Waals surface area contributed by atoms with Gasteiger partial charge in [-0.25, -0.2) is 0 Å². The quantitative estimate of drug-likeness (QED) is 0.717. The number of amides is 1. The molecule has 0 aromatic heterocycles. The van der Waals surface area contributed by atoms with Crippen molar-refractivity contribution in [3.05, 3.63) is 0 Å². The lowest BCUT2D eigenvalue weighted by atomic mass is 9.62. The monoisotopic (exact) mass is 222 g/mol. The second kappa shape index (κ2) is 5.34. The number of nitrogens with zero attached hydrogens (tertiary/aromatic N) is 2. The lowest BCUT2D eigenvalue weighted by molar-refractivity contribution is -0.145. The van der Waals surface area contributed by atoms with Gasteiger partial charge in [-0.2, -0.15) is 5.26 Å². The van der Waals surface area contributed by atoms with Crippen LogP contribution in [0.1, 0.15) is 46.5 Å². The highest BCUT2D eigenvalue weighted by molar-refractivity contribution is 5.86. The number of carbonyl (C=O) groups excluding carboxylic acids is 1. The largest absolute Gasteiger partial charge is 0.342 e. The van der Waals surface area contributed by atoms with E-state index in [0.29, 0.717) is 5.92 Å². The number of carbonyl (C=O) groups is 1. The summed E-state index contributed by atoms with van der Waals surface area (Å²) >= 11 is 0. The van der Waals surface area contributed by atoms with E-state index < -0.39 is 5.41 Å². The van der Waals surface area contributed by atoms with Gasteiger partial charge in [0.1, 0.15) is 5.41 Å². The standard InChI is InChI=1S/C13H22N2O/c1-4-6-7-15(5-2)12(16)13(10-14)8-11(3)9-13/h11H,4-9H2,1-3H3. The van der Waals surface area contributed by atoms with Crippen LogP contribution < -0.4 is 0 Å². The molecule has 0 heterocycles. The maximum atomic E-state index is 12.3. The summed E-state index contributed by atoms with van der Waals surface area (Å²) in [5, 5.41) is 9.20. The third kappa shape index (κ3) is 2.37. The van der Waals surface area contributed by atoms with E-state index in [1.54, 1.807) is 0 Å². The van der Waals surface area contributed by atoms with Crippen molar-refractivity contribution in [2.75, 3.05) is 13.1 Å². The van der Waals surface area contributed by atoms with Gasteiger partial charge in [0.15, 0.2) is 0 Å². The maximum absolute atomic E-state index is 12.3. The van der Waals surface area contributed by atoms with Crippen LogP contribution in [-0.2, 0) is 4.79 Å². The zero-order chi connectivity index (χ0) is 12.2.